The van der Waals surface area contributed by atoms with Gasteiger partial charge in [-0.1, -0.05) is 29.3 Å². The molecule has 0 saturated carbocycles. The van der Waals surface area contributed by atoms with Gasteiger partial charge in [-0.3, -0.25) is 18.5 Å². The smallest absolute Gasteiger partial charge is 0.332 e. The summed E-state index contributed by atoms with van der Waals surface area (Å²) in [6.07, 6.45) is 0. The molecule has 0 N–H and O–H groups in total. The Morgan fingerprint density at radius 2 is 1.59 bits per heavy atom. The fourth-order valence-corrected chi connectivity index (χ4v) is 4.19. The van der Waals surface area contributed by atoms with Gasteiger partial charge in [0.15, 0.2) is 11.2 Å². The van der Waals surface area contributed by atoms with Gasteiger partial charge in [-0.2, -0.15) is 4.98 Å². The minimum atomic E-state index is -0.409. The number of fused-ring (bicyclic) bond motifs is 1. The van der Waals surface area contributed by atoms with Crippen LogP contribution in [0.4, 0.5) is 5.95 Å². The van der Waals surface area contributed by atoms with Crippen molar-refractivity contribution in [2.24, 2.45) is 14.1 Å². The third-order valence-corrected chi connectivity index (χ3v) is 6.20. The molecule has 0 spiro atoms. The summed E-state index contributed by atoms with van der Waals surface area (Å²) in [4.78, 5) is 34.5. The van der Waals surface area contributed by atoms with Crippen molar-refractivity contribution >= 4 is 40.3 Å². The van der Waals surface area contributed by atoms with Crippen LogP contribution >= 0.6 is 23.2 Å². The highest BCUT2D eigenvalue weighted by Crippen LogP contribution is 2.29. The number of imidazole rings is 1. The maximum absolute atomic E-state index is 13.0. The number of likely N-dealkylation sites (N-methyl/N-ethyl adjacent to an activating group) is 1. The normalized spacial score (nSPS) is 15.4. The summed E-state index contributed by atoms with van der Waals surface area (Å²) in [7, 11) is 5.17. The summed E-state index contributed by atoms with van der Waals surface area (Å²) in [5.74, 6) is 0.641. The van der Waals surface area contributed by atoms with Crippen molar-refractivity contribution in [2.75, 3.05) is 38.1 Å². The highest BCUT2D eigenvalue weighted by Gasteiger charge is 2.25. The first-order chi connectivity index (χ1) is 13.8. The van der Waals surface area contributed by atoms with E-state index in [-0.39, 0.29) is 12.1 Å². The minimum Gasteiger partial charge on any atom is -0.340 e. The lowest BCUT2D eigenvalue weighted by atomic mass is 10.2. The number of benzene rings is 1. The number of aromatic nitrogens is 4. The number of nitrogens with zero attached hydrogens (tertiary/aromatic N) is 6. The summed E-state index contributed by atoms with van der Waals surface area (Å²) in [5, 5.41) is 1.04. The zero-order chi connectivity index (χ0) is 20.9. The van der Waals surface area contributed by atoms with Crippen molar-refractivity contribution in [1.29, 1.82) is 0 Å². The third-order valence-electron chi connectivity index (χ3n) is 5.49. The molecule has 0 bridgehead atoms. The van der Waals surface area contributed by atoms with E-state index in [1.807, 2.05) is 4.57 Å². The molecule has 8 nitrogen and oxygen atoms in total. The maximum atomic E-state index is 13.0. The number of anilines is 1. The zero-order valence-electron chi connectivity index (χ0n) is 16.5. The van der Waals surface area contributed by atoms with E-state index in [1.54, 1.807) is 25.2 Å². The van der Waals surface area contributed by atoms with Crippen molar-refractivity contribution in [3.8, 4) is 0 Å². The summed E-state index contributed by atoms with van der Waals surface area (Å²) < 4.78 is 4.33. The largest absolute Gasteiger partial charge is 0.340 e. The minimum absolute atomic E-state index is 0.282. The van der Waals surface area contributed by atoms with Gasteiger partial charge >= 0.3 is 5.69 Å². The lowest BCUT2D eigenvalue weighted by molar-refractivity contribution is 0.310. The predicted octanol–water partition coefficient (Wildman–Crippen LogP) is 1.54. The van der Waals surface area contributed by atoms with E-state index in [1.165, 1.54) is 11.6 Å². The van der Waals surface area contributed by atoms with Crippen LogP contribution in [-0.2, 0) is 20.6 Å². The van der Waals surface area contributed by atoms with Crippen LogP contribution in [0.1, 0.15) is 5.56 Å². The van der Waals surface area contributed by atoms with Gasteiger partial charge in [-0.05, 0) is 19.2 Å². The molecule has 10 heteroatoms. The second kappa shape index (κ2) is 7.51. The quantitative estimate of drug-likeness (QED) is 0.622. The topological polar surface area (TPSA) is 68.3 Å². The van der Waals surface area contributed by atoms with Crippen LogP contribution in [0, 0.1) is 0 Å². The molecule has 4 rings (SSSR count). The Bertz CT molecular complexity index is 1180. The number of halogens is 2. The van der Waals surface area contributed by atoms with Crippen molar-refractivity contribution in [2.45, 2.75) is 6.54 Å². The number of hydrogen-bond acceptors (Lipinski definition) is 5. The first-order valence-electron chi connectivity index (χ1n) is 9.32. The van der Waals surface area contributed by atoms with E-state index in [4.69, 9.17) is 28.2 Å². The first kappa shape index (κ1) is 20.0. The average molecular weight is 437 g/mol. The molecule has 0 amide bonds. The van der Waals surface area contributed by atoms with Gasteiger partial charge in [0.2, 0.25) is 5.95 Å². The van der Waals surface area contributed by atoms with E-state index in [0.29, 0.717) is 32.7 Å². The fourth-order valence-electron chi connectivity index (χ4n) is 3.67. The number of aryl methyl sites for hydroxylation is 1. The van der Waals surface area contributed by atoms with Gasteiger partial charge in [0.25, 0.3) is 5.56 Å². The van der Waals surface area contributed by atoms with E-state index < -0.39 is 5.69 Å². The lowest BCUT2D eigenvalue weighted by Gasteiger charge is -2.33. The summed E-state index contributed by atoms with van der Waals surface area (Å²) in [6, 6.07) is 5.32. The molecule has 1 aliphatic heterocycles. The Morgan fingerprint density at radius 3 is 2.21 bits per heavy atom. The van der Waals surface area contributed by atoms with E-state index in [0.717, 1.165) is 30.7 Å². The van der Waals surface area contributed by atoms with Crippen LogP contribution in [0.2, 0.25) is 10.0 Å². The molecule has 1 aromatic carbocycles. The summed E-state index contributed by atoms with van der Waals surface area (Å²) in [5.41, 5.74) is 0.628. The van der Waals surface area contributed by atoms with E-state index >= 15 is 0 Å². The number of rotatable bonds is 3. The van der Waals surface area contributed by atoms with Crippen molar-refractivity contribution in [3.63, 3.8) is 0 Å². The molecule has 29 heavy (non-hydrogen) atoms. The van der Waals surface area contributed by atoms with Gasteiger partial charge in [0, 0.05) is 55.9 Å². The Balaban J connectivity index is 1.98. The van der Waals surface area contributed by atoms with E-state index in [9.17, 15) is 9.59 Å². The van der Waals surface area contributed by atoms with Crippen LogP contribution in [0.15, 0.2) is 27.8 Å². The standard InChI is InChI=1S/C19H22Cl2N6O2/c1-23-7-9-26(10-8-23)18-22-16-15(17(28)25(3)19(29)24(16)2)27(18)11-12-13(20)5-4-6-14(12)21/h4-6H,7-11H2,1-3H3. The molecule has 3 heterocycles. The monoisotopic (exact) mass is 436 g/mol. The molecular weight excluding hydrogens is 415 g/mol. The second-order valence-corrected chi connectivity index (χ2v) is 8.18. The van der Waals surface area contributed by atoms with Crippen LogP contribution in [0.3, 0.4) is 0 Å². The molecule has 154 valence electrons. The third kappa shape index (κ3) is 3.35. The number of hydrogen-bond donors (Lipinski definition) is 0. The second-order valence-electron chi connectivity index (χ2n) is 7.37. The van der Waals surface area contributed by atoms with Gasteiger partial charge in [-0.15, -0.1) is 0 Å². The highest BCUT2D eigenvalue weighted by atomic mass is 35.5. The maximum Gasteiger partial charge on any atom is 0.332 e. The Morgan fingerprint density at radius 1 is 0.966 bits per heavy atom. The van der Waals surface area contributed by atoms with Crippen molar-refractivity contribution in [1.82, 2.24) is 23.6 Å². The molecule has 0 unspecified atom stereocenters. The van der Waals surface area contributed by atoms with Gasteiger partial charge < -0.3 is 9.80 Å². The molecule has 0 aliphatic carbocycles. The molecule has 0 radical (unpaired) electrons. The van der Waals surface area contributed by atoms with E-state index in [2.05, 4.69) is 16.8 Å². The molecule has 0 atom stereocenters. The van der Waals surface area contributed by atoms with Crippen LogP contribution in [-0.4, -0.2) is 56.8 Å². The van der Waals surface area contributed by atoms with Gasteiger partial charge in [-0.25, -0.2) is 4.79 Å². The molecule has 1 fully saturated rings. The van der Waals surface area contributed by atoms with Gasteiger partial charge in [0.1, 0.15) is 0 Å². The molecule has 2 aromatic heterocycles. The predicted molar refractivity (Wildman–Crippen MR) is 115 cm³/mol. The Kier molecular flexibility index (Phi) is 5.18. The molecule has 1 aliphatic rings. The average Bonchev–Trinajstić information content (AvgIpc) is 3.07. The first-order valence-corrected chi connectivity index (χ1v) is 10.1. The SMILES string of the molecule is CN1CCN(c2nc3c(c(=O)n(C)c(=O)n3C)n2Cc2c(Cl)cccc2Cl)CC1. The molecular formula is C19H22Cl2N6O2. The van der Waals surface area contributed by atoms with Crippen LogP contribution in [0.25, 0.3) is 11.2 Å². The molecule has 3 aromatic rings. The van der Waals surface area contributed by atoms with Crippen molar-refractivity contribution < 1.29 is 0 Å². The zero-order valence-corrected chi connectivity index (χ0v) is 18.0. The lowest BCUT2D eigenvalue weighted by Crippen LogP contribution is -2.45. The van der Waals surface area contributed by atoms with Gasteiger partial charge in [0.05, 0.1) is 6.54 Å². The van der Waals surface area contributed by atoms with Crippen LogP contribution in [0.5, 0.6) is 0 Å². The van der Waals surface area contributed by atoms with Crippen molar-refractivity contribution in [3.05, 3.63) is 54.6 Å². The Labute approximate surface area is 177 Å². The molecule has 1 saturated heterocycles. The highest BCUT2D eigenvalue weighted by molar-refractivity contribution is 6.36. The summed E-state index contributed by atoms with van der Waals surface area (Å²) in [6.45, 7) is 3.58. The van der Waals surface area contributed by atoms with Crippen LogP contribution < -0.4 is 16.1 Å². The Hall–Kier alpha value is -2.29. The summed E-state index contributed by atoms with van der Waals surface area (Å²) >= 11 is 12.8. The number of piperazine rings is 1. The fraction of sp³-hybridized carbons (Fsp3) is 0.421.